The molecule has 0 heterocycles. The zero-order chi connectivity index (χ0) is 41.2. The SMILES string of the molecule is C=C(C)C(=O)OCCOC(=O)CCCCCCCCC1CCC(CCCCC)C(CCCCCCC)C1CCCCCCCCC(=O)OCCOC(=O)C(=C)C. The maximum Gasteiger partial charge on any atom is 0.333 e. The molecule has 8 nitrogen and oxygen atoms in total. The number of carbonyl (C=O) groups excluding carboxylic acids is 4. The van der Waals surface area contributed by atoms with Crippen LogP contribution in [-0.2, 0) is 38.1 Å². The quantitative estimate of drug-likeness (QED) is 0.0267. The first-order chi connectivity index (χ1) is 27.1. The van der Waals surface area contributed by atoms with Gasteiger partial charge in [-0.15, -0.1) is 0 Å². The molecule has 1 rings (SSSR count). The Hall–Kier alpha value is -2.64. The lowest BCUT2D eigenvalue weighted by Gasteiger charge is -2.44. The van der Waals surface area contributed by atoms with Crippen molar-refractivity contribution in [1.29, 1.82) is 0 Å². The van der Waals surface area contributed by atoms with Crippen LogP contribution in [0.4, 0.5) is 0 Å². The number of rotatable bonds is 36. The van der Waals surface area contributed by atoms with Gasteiger partial charge >= 0.3 is 23.9 Å². The summed E-state index contributed by atoms with van der Waals surface area (Å²) in [6.07, 6.45) is 33.9. The molecule has 0 saturated heterocycles. The molecule has 0 aromatic heterocycles. The molecule has 0 amide bonds. The molecule has 0 N–H and O–H groups in total. The van der Waals surface area contributed by atoms with Gasteiger partial charge in [0.1, 0.15) is 26.4 Å². The van der Waals surface area contributed by atoms with Crippen LogP contribution in [0.5, 0.6) is 0 Å². The Labute approximate surface area is 343 Å². The van der Waals surface area contributed by atoms with Crippen LogP contribution in [-0.4, -0.2) is 50.3 Å². The topological polar surface area (TPSA) is 105 Å². The van der Waals surface area contributed by atoms with Gasteiger partial charge in [-0.05, 0) is 76.0 Å². The van der Waals surface area contributed by atoms with Crippen LogP contribution in [0.2, 0.25) is 0 Å². The molecule has 56 heavy (non-hydrogen) atoms. The third-order valence-electron chi connectivity index (χ3n) is 11.7. The van der Waals surface area contributed by atoms with Gasteiger partial charge in [0.25, 0.3) is 0 Å². The predicted molar refractivity (Wildman–Crippen MR) is 228 cm³/mol. The maximum atomic E-state index is 12.1. The van der Waals surface area contributed by atoms with Crippen molar-refractivity contribution in [2.24, 2.45) is 23.7 Å². The molecule has 1 aliphatic carbocycles. The van der Waals surface area contributed by atoms with Crippen LogP contribution in [0.3, 0.4) is 0 Å². The molecule has 4 atom stereocenters. The maximum absolute atomic E-state index is 12.1. The highest BCUT2D eigenvalue weighted by Crippen LogP contribution is 2.47. The van der Waals surface area contributed by atoms with Crippen LogP contribution in [0.25, 0.3) is 0 Å². The zero-order valence-corrected chi connectivity index (χ0v) is 36.6. The highest BCUT2D eigenvalue weighted by Gasteiger charge is 2.37. The summed E-state index contributed by atoms with van der Waals surface area (Å²) in [6.45, 7) is 15.3. The summed E-state index contributed by atoms with van der Waals surface area (Å²) in [5.74, 6) is 2.17. The van der Waals surface area contributed by atoms with E-state index in [1.165, 1.54) is 128 Å². The molecule has 1 aliphatic rings. The summed E-state index contributed by atoms with van der Waals surface area (Å²) in [4.78, 5) is 46.9. The number of hydrogen-bond donors (Lipinski definition) is 0. The van der Waals surface area contributed by atoms with Gasteiger partial charge in [0, 0.05) is 24.0 Å². The van der Waals surface area contributed by atoms with Crippen molar-refractivity contribution < 1.29 is 38.1 Å². The van der Waals surface area contributed by atoms with E-state index >= 15 is 0 Å². The lowest BCUT2D eigenvalue weighted by molar-refractivity contribution is -0.150. The highest BCUT2D eigenvalue weighted by atomic mass is 16.6. The van der Waals surface area contributed by atoms with Crippen molar-refractivity contribution in [2.45, 2.75) is 207 Å². The van der Waals surface area contributed by atoms with Gasteiger partial charge in [-0.1, -0.05) is 155 Å². The van der Waals surface area contributed by atoms with E-state index in [2.05, 4.69) is 27.0 Å². The Kier molecular flexibility index (Phi) is 31.6. The smallest absolute Gasteiger partial charge is 0.333 e. The van der Waals surface area contributed by atoms with Crippen molar-refractivity contribution in [3.05, 3.63) is 24.3 Å². The Bertz CT molecular complexity index is 1080. The summed E-state index contributed by atoms with van der Waals surface area (Å²) >= 11 is 0. The van der Waals surface area contributed by atoms with E-state index < -0.39 is 11.9 Å². The Morgan fingerprint density at radius 3 is 1.12 bits per heavy atom. The molecular formula is C48H84O8. The van der Waals surface area contributed by atoms with E-state index in [1.54, 1.807) is 13.8 Å². The molecule has 1 fully saturated rings. The molecule has 4 unspecified atom stereocenters. The molecule has 0 spiro atoms. The summed E-state index contributed by atoms with van der Waals surface area (Å²) in [5, 5.41) is 0. The van der Waals surface area contributed by atoms with Crippen molar-refractivity contribution in [2.75, 3.05) is 26.4 Å². The monoisotopic (exact) mass is 789 g/mol. The van der Waals surface area contributed by atoms with Crippen molar-refractivity contribution in [1.82, 2.24) is 0 Å². The fourth-order valence-corrected chi connectivity index (χ4v) is 8.52. The highest BCUT2D eigenvalue weighted by molar-refractivity contribution is 5.87. The minimum atomic E-state index is -0.457. The Morgan fingerprint density at radius 2 is 0.732 bits per heavy atom. The second-order valence-corrected chi connectivity index (χ2v) is 16.7. The second kappa shape index (κ2) is 34.4. The van der Waals surface area contributed by atoms with Gasteiger partial charge in [-0.3, -0.25) is 9.59 Å². The number of carbonyl (C=O) groups is 4. The lowest BCUT2D eigenvalue weighted by atomic mass is 9.61. The van der Waals surface area contributed by atoms with Gasteiger partial charge in [0.2, 0.25) is 0 Å². The molecule has 0 aromatic carbocycles. The van der Waals surface area contributed by atoms with Gasteiger partial charge in [0.15, 0.2) is 0 Å². The van der Waals surface area contributed by atoms with E-state index in [0.29, 0.717) is 24.0 Å². The van der Waals surface area contributed by atoms with Crippen LogP contribution < -0.4 is 0 Å². The van der Waals surface area contributed by atoms with Gasteiger partial charge in [-0.2, -0.15) is 0 Å². The van der Waals surface area contributed by atoms with E-state index in [9.17, 15) is 19.2 Å². The summed E-state index contributed by atoms with van der Waals surface area (Å²) < 4.78 is 20.4. The molecule has 0 radical (unpaired) electrons. The fourth-order valence-electron chi connectivity index (χ4n) is 8.52. The van der Waals surface area contributed by atoms with Crippen molar-refractivity contribution in [3.8, 4) is 0 Å². The first kappa shape index (κ1) is 51.4. The third-order valence-corrected chi connectivity index (χ3v) is 11.7. The van der Waals surface area contributed by atoms with Gasteiger partial charge in [0.05, 0.1) is 0 Å². The Balaban J connectivity index is 2.52. The van der Waals surface area contributed by atoms with E-state index in [-0.39, 0.29) is 38.4 Å². The Morgan fingerprint density at radius 1 is 0.429 bits per heavy atom. The van der Waals surface area contributed by atoms with Crippen molar-refractivity contribution >= 4 is 23.9 Å². The van der Waals surface area contributed by atoms with Crippen LogP contribution in [0.15, 0.2) is 24.3 Å². The molecule has 0 bridgehead atoms. The fraction of sp³-hybridized carbons (Fsp3) is 0.833. The first-order valence-electron chi connectivity index (χ1n) is 23.1. The standard InChI is InChI=1S/C48H84O8/c1-7-9-11-16-23-29-43-41(27-21-10-8-2)33-34-42(28-22-17-12-14-19-25-31-45(49)53-35-37-55-47(51)39(3)4)44(43)30-24-18-13-15-20-26-32-46(50)54-36-38-56-48(52)40(5)6/h41-44H,3,5,7-38H2,1-2,4,6H3. The van der Waals surface area contributed by atoms with Crippen LogP contribution in [0.1, 0.15) is 207 Å². The average molecular weight is 789 g/mol. The normalized spacial score (nSPS) is 17.9. The molecule has 324 valence electrons. The summed E-state index contributed by atoms with van der Waals surface area (Å²) in [7, 11) is 0. The average Bonchev–Trinajstić information content (AvgIpc) is 3.17. The molecule has 0 aromatic rings. The number of esters is 4. The van der Waals surface area contributed by atoms with Crippen LogP contribution >= 0.6 is 0 Å². The minimum absolute atomic E-state index is 0.0705. The molecular weight excluding hydrogens is 705 g/mol. The van der Waals surface area contributed by atoms with E-state index in [1.807, 2.05) is 0 Å². The molecule has 8 heteroatoms. The first-order valence-corrected chi connectivity index (χ1v) is 23.1. The van der Waals surface area contributed by atoms with Gasteiger partial charge < -0.3 is 18.9 Å². The van der Waals surface area contributed by atoms with E-state index in [0.717, 1.165) is 62.2 Å². The predicted octanol–water partition coefficient (Wildman–Crippen LogP) is 12.8. The lowest BCUT2D eigenvalue weighted by Crippen LogP contribution is -2.35. The molecule has 0 aliphatic heterocycles. The summed E-state index contributed by atoms with van der Waals surface area (Å²) in [5.41, 5.74) is 0.682. The number of unbranched alkanes of at least 4 members (excludes halogenated alkanes) is 16. The zero-order valence-electron chi connectivity index (χ0n) is 36.6. The molecule has 1 saturated carbocycles. The van der Waals surface area contributed by atoms with E-state index in [4.69, 9.17) is 18.9 Å². The van der Waals surface area contributed by atoms with Gasteiger partial charge in [-0.25, -0.2) is 9.59 Å². The number of hydrogen-bond acceptors (Lipinski definition) is 8. The van der Waals surface area contributed by atoms with Crippen molar-refractivity contribution in [3.63, 3.8) is 0 Å². The third kappa shape index (κ3) is 26.3. The minimum Gasteiger partial charge on any atom is -0.462 e. The number of ether oxygens (including phenoxy) is 4. The largest absolute Gasteiger partial charge is 0.462 e. The second-order valence-electron chi connectivity index (χ2n) is 16.7. The van der Waals surface area contributed by atoms with Crippen LogP contribution in [0, 0.1) is 23.7 Å². The summed E-state index contributed by atoms with van der Waals surface area (Å²) in [6, 6.07) is 0.